The van der Waals surface area contributed by atoms with E-state index in [-0.39, 0.29) is 5.91 Å². The lowest BCUT2D eigenvalue weighted by atomic mass is 10.0. The number of carbonyl (C=O) groups excluding carboxylic acids is 1. The molecule has 0 fully saturated rings. The number of hydrogen-bond donors (Lipinski definition) is 1. The molecule has 0 radical (unpaired) electrons. The minimum atomic E-state index is 0.0913. The number of aryl methyl sites for hydroxylation is 2. The smallest absolute Gasteiger partial charge is 0.224 e. The molecule has 1 aromatic rings. The Morgan fingerprint density at radius 1 is 1.19 bits per heavy atom. The van der Waals surface area contributed by atoms with Gasteiger partial charge in [-0.1, -0.05) is 19.4 Å². The van der Waals surface area contributed by atoms with Gasteiger partial charge in [0.05, 0.1) is 0 Å². The fraction of sp³-hybridized carbons (Fsp3) is 0.500. The fourth-order valence-electron chi connectivity index (χ4n) is 2.24. The maximum atomic E-state index is 11.3. The number of rotatable bonds is 2. The van der Waals surface area contributed by atoms with Crippen molar-refractivity contribution >= 4 is 11.6 Å². The Morgan fingerprint density at radius 3 is 2.69 bits per heavy atom. The van der Waals surface area contributed by atoms with Crippen LogP contribution in [-0.4, -0.2) is 5.91 Å². The van der Waals surface area contributed by atoms with Gasteiger partial charge in [0, 0.05) is 12.1 Å². The van der Waals surface area contributed by atoms with Crippen LogP contribution in [0.1, 0.15) is 43.7 Å². The summed E-state index contributed by atoms with van der Waals surface area (Å²) in [6.07, 6.45) is 6.79. The average Bonchev–Trinajstić information content (AvgIpc) is 2.53. The van der Waals surface area contributed by atoms with Gasteiger partial charge in [-0.05, 0) is 48.9 Å². The highest BCUT2D eigenvalue weighted by Gasteiger charge is 2.09. The number of amides is 1. The SMILES string of the molecule is CCC(=O)Nc1ccc2c(c1)CCCCC2. The van der Waals surface area contributed by atoms with Gasteiger partial charge in [0.2, 0.25) is 5.91 Å². The Balaban J connectivity index is 2.17. The number of carbonyl (C=O) groups is 1. The largest absolute Gasteiger partial charge is 0.326 e. The summed E-state index contributed by atoms with van der Waals surface area (Å²) in [5, 5.41) is 2.92. The third kappa shape index (κ3) is 2.63. The first-order valence-electron chi connectivity index (χ1n) is 6.21. The quantitative estimate of drug-likeness (QED) is 0.757. The minimum absolute atomic E-state index is 0.0913. The maximum absolute atomic E-state index is 11.3. The van der Waals surface area contributed by atoms with Crippen molar-refractivity contribution < 1.29 is 4.79 Å². The minimum Gasteiger partial charge on any atom is -0.326 e. The van der Waals surface area contributed by atoms with Crippen LogP contribution >= 0.6 is 0 Å². The summed E-state index contributed by atoms with van der Waals surface area (Å²) >= 11 is 0. The number of benzene rings is 1. The first kappa shape index (κ1) is 11.2. The molecule has 2 heteroatoms. The molecule has 2 rings (SSSR count). The van der Waals surface area contributed by atoms with E-state index in [9.17, 15) is 4.79 Å². The van der Waals surface area contributed by atoms with Gasteiger partial charge in [-0.25, -0.2) is 0 Å². The lowest BCUT2D eigenvalue weighted by molar-refractivity contribution is -0.115. The van der Waals surface area contributed by atoms with Crippen LogP contribution in [0.5, 0.6) is 0 Å². The molecule has 0 saturated carbocycles. The van der Waals surface area contributed by atoms with Crippen LogP contribution < -0.4 is 5.32 Å². The molecule has 0 aromatic heterocycles. The fourth-order valence-corrected chi connectivity index (χ4v) is 2.24. The van der Waals surface area contributed by atoms with Crippen molar-refractivity contribution in [2.24, 2.45) is 0 Å². The molecule has 1 aromatic carbocycles. The second-order valence-electron chi connectivity index (χ2n) is 4.45. The number of anilines is 1. The molecule has 0 spiro atoms. The van der Waals surface area contributed by atoms with Crippen molar-refractivity contribution in [3.63, 3.8) is 0 Å². The van der Waals surface area contributed by atoms with Crippen LogP contribution in [0.25, 0.3) is 0 Å². The normalized spacial score (nSPS) is 15.1. The molecule has 1 amide bonds. The predicted octanol–water partition coefficient (Wildman–Crippen LogP) is 3.30. The molecule has 0 heterocycles. The van der Waals surface area contributed by atoms with E-state index in [0.29, 0.717) is 6.42 Å². The van der Waals surface area contributed by atoms with Crippen molar-refractivity contribution in [1.29, 1.82) is 0 Å². The summed E-state index contributed by atoms with van der Waals surface area (Å²) in [4.78, 5) is 11.3. The van der Waals surface area contributed by atoms with Crippen molar-refractivity contribution in [3.05, 3.63) is 29.3 Å². The Labute approximate surface area is 97.1 Å². The van der Waals surface area contributed by atoms with Crippen molar-refractivity contribution in [2.75, 3.05) is 5.32 Å². The van der Waals surface area contributed by atoms with Crippen LogP contribution in [-0.2, 0) is 17.6 Å². The van der Waals surface area contributed by atoms with Crippen molar-refractivity contribution in [2.45, 2.75) is 45.4 Å². The first-order chi connectivity index (χ1) is 7.79. The van der Waals surface area contributed by atoms with Gasteiger partial charge in [-0.3, -0.25) is 4.79 Å². The van der Waals surface area contributed by atoms with Gasteiger partial charge >= 0.3 is 0 Å². The molecule has 16 heavy (non-hydrogen) atoms. The second-order valence-corrected chi connectivity index (χ2v) is 4.45. The third-order valence-electron chi connectivity index (χ3n) is 3.20. The lowest BCUT2D eigenvalue weighted by Crippen LogP contribution is -2.09. The molecular formula is C14H19NO. The van der Waals surface area contributed by atoms with Gasteiger partial charge in [0.1, 0.15) is 0 Å². The van der Waals surface area contributed by atoms with Crippen molar-refractivity contribution in [1.82, 2.24) is 0 Å². The van der Waals surface area contributed by atoms with E-state index in [1.165, 1.54) is 36.8 Å². The zero-order valence-electron chi connectivity index (χ0n) is 9.88. The highest BCUT2D eigenvalue weighted by molar-refractivity contribution is 5.90. The highest BCUT2D eigenvalue weighted by atomic mass is 16.1. The second kappa shape index (κ2) is 5.15. The molecule has 86 valence electrons. The number of fused-ring (bicyclic) bond motifs is 1. The predicted molar refractivity (Wildman–Crippen MR) is 66.6 cm³/mol. The van der Waals surface area contributed by atoms with E-state index in [1.807, 2.05) is 13.0 Å². The Kier molecular flexibility index (Phi) is 3.60. The number of nitrogens with one attached hydrogen (secondary N) is 1. The summed E-state index contributed by atoms with van der Waals surface area (Å²) in [6.45, 7) is 1.87. The molecule has 0 aliphatic heterocycles. The zero-order valence-corrected chi connectivity index (χ0v) is 9.88. The van der Waals surface area contributed by atoms with Crippen LogP contribution in [0.2, 0.25) is 0 Å². The molecular weight excluding hydrogens is 198 g/mol. The lowest BCUT2D eigenvalue weighted by Gasteiger charge is -2.09. The Bertz CT molecular complexity index is 384. The van der Waals surface area contributed by atoms with E-state index in [2.05, 4.69) is 17.4 Å². The van der Waals surface area contributed by atoms with E-state index >= 15 is 0 Å². The van der Waals surface area contributed by atoms with Gasteiger partial charge < -0.3 is 5.32 Å². The van der Waals surface area contributed by atoms with Gasteiger partial charge in [-0.15, -0.1) is 0 Å². The van der Waals surface area contributed by atoms with Gasteiger partial charge in [0.25, 0.3) is 0 Å². The highest BCUT2D eigenvalue weighted by Crippen LogP contribution is 2.23. The molecule has 1 aliphatic carbocycles. The van der Waals surface area contributed by atoms with Crippen LogP contribution in [0.4, 0.5) is 5.69 Å². The monoisotopic (exact) mass is 217 g/mol. The summed E-state index contributed by atoms with van der Waals surface area (Å²) in [7, 11) is 0. The zero-order chi connectivity index (χ0) is 11.4. The molecule has 0 unspecified atom stereocenters. The molecule has 1 N–H and O–H groups in total. The van der Waals surface area contributed by atoms with E-state index in [4.69, 9.17) is 0 Å². The molecule has 0 atom stereocenters. The average molecular weight is 217 g/mol. The van der Waals surface area contributed by atoms with E-state index in [1.54, 1.807) is 0 Å². The summed E-state index contributed by atoms with van der Waals surface area (Å²) in [5.74, 6) is 0.0913. The summed E-state index contributed by atoms with van der Waals surface area (Å²) < 4.78 is 0. The van der Waals surface area contributed by atoms with Crippen LogP contribution in [0.15, 0.2) is 18.2 Å². The molecule has 2 nitrogen and oxygen atoms in total. The first-order valence-corrected chi connectivity index (χ1v) is 6.21. The maximum Gasteiger partial charge on any atom is 0.224 e. The van der Waals surface area contributed by atoms with Crippen LogP contribution in [0.3, 0.4) is 0 Å². The van der Waals surface area contributed by atoms with Crippen LogP contribution in [0, 0.1) is 0 Å². The van der Waals surface area contributed by atoms with E-state index in [0.717, 1.165) is 12.1 Å². The third-order valence-corrected chi connectivity index (χ3v) is 3.20. The van der Waals surface area contributed by atoms with Crippen molar-refractivity contribution in [3.8, 4) is 0 Å². The van der Waals surface area contributed by atoms with Gasteiger partial charge in [-0.2, -0.15) is 0 Å². The number of hydrogen-bond acceptors (Lipinski definition) is 1. The van der Waals surface area contributed by atoms with Gasteiger partial charge in [0.15, 0.2) is 0 Å². The topological polar surface area (TPSA) is 29.1 Å². The van der Waals surface area contributed by atoms with E-state index < -0.39 is 0 Å². The summed E-state index contributed by atoms with van der Waals surface area (Å²) in [5.41, 5.74) is 3.84. The molecule has 1 aliphatic rings. The Morgan fingerprint density at radius 2 is 1.94 bits per heavy atom. The standard InChI is InChI=1S/C14H19NO/c1-2-14(16)15-13-9-8-11-6-4-3-5-7-12(11)10-13/h8-10H,2-7H2,1H3,(H,15,16). The molecule has 0 bridgehead atoms. The Hall–Kier alpha value is -1.31. The molecule has 0 saturated heterocycles. The summed E-state index contributed by atoms with van der Waals surface area (Å²) in [6, 6.07) is 6.35.